The largest absolute Gasteiger partial charge is 0.459 e. The highest BCUT2D eigenvalue weighted by Crippen LogP contribution is 2.44. The molecule has 26 heavy (non-hydrogen) atoms. The van der Waals surface area contributed by atoms with Crippen molar-refractivity contribution in [3.8, 4) is 5.75 Å². The maximum absolute atomic E-state index is 13.3. The minimum atomic E-state index is -3.36. The van der Waals surface area contributed by atoms with E-state index in [0.717, 1.165) is 5.57 Å². The van der Waals surface area contributed by atoms with Crippen molar-refractivity contribution >= 4 is 13.5 Å². The summed E-state index contributed by atoms with van der Waals surface area (Å²) in [5.74, 6) is -0.0287. The van der Waals surface area contributed by atoms with Crippen LogP contribution in [0.25, 0.3) is 0 Å². The number of benzene rings is 1. The van der Waals surface area contributed by atoms with E-state index in [-0.39, 0.29) is 12.8 Å². The van der Waals surface area contributed by atoms with Crippen LogP contribution in [0, 0.1) is 0 Å². The lowest BCUT2D eigenvalue weighted by atomic mass is 10.2. The van der Waals surface area contributed by atoms with Crippen molar-refractivity contribution in [2.24, 2.45) is 0 Å². The SMILES string of the molecule is C/C(=C\CCP(=O)(N[C@@H](C)C(=O)OC(C)(C)C)Oc1ccccc1)CO. The van der Waals surface area contributed by atoms with Crippen LogP contribution < -0.4 is 9.61 Å². The normalized spacial score (nSPS) is 15.8. The van der Waals surface area contributed by atoms with E-state index < -0.39 is 25.1 Å². The molecule has 0 bridgehead atoms. The molecule has 146 valence electrons. The number of carbonyl (C=O) groups is 1. The lowest BCUT2D eigenvalue weighted by molar-refractivity contribution is -0.156. The summed E-state index contributed by atoms with van der Waals surface area (Å²) in [5.41, 5.74) is 0.162. The lowest BCUT2D eigenvalue weighted by Gasteiger charge is -2.26. The summed E-state index contributed by atoms with van der Waals surface area (Å²) in [6, 6.07) is 8.04. The number of ether oxygens (including phenoxy) is 1. The number of carbonyl (C=O) groups excluding carboxylic acids is 1. The molecule has 0 spiro atoms. The molecule has 6 nitrogen and oxygen atoms in total. The summed E-state index contributed by atoms with van der Waals surface area (Å²) in [6.45, 7) is 8.68. The van der Waals surface area contributed by atoms with Gasteiger partial charge in [0.15, 0.2) is 0 Å². The number of rotatable bonds is 9. The number of allylic oxidation sites excluding steroid dienone is 1. The second-order valence-electron chi connectivity index (χ2n) is 7.18. The molecule has 1 aromatic rings. The van der Waals surface area contributed by atoms with Crippen LogP contribution >= 0.6 is 7.52 Å². The highest BCUT2D eigenvalue weighted by Gasteiger charge is 2.31. The Hall–Kier alpha value is -1.62. The average Bonchev–Trinajstić information content (AvgIpc) is 2.53. The van der Waals surface area contributed by atoms with Gasteiger partial charge in [0.05, 0.1) is 12.8 Å². The summed E-state index contributed by atoms with van der Waals surface area (Å²) in [5, 5.41) is 11.9. The molecule has 1 unspecified atom stereocenters. The number of para-hydroxylation sites is 1. The van der Waals surface area contributed by atoms with Crippen molar-refractivity contribution in [1.82, 2.24) is 5.09 Å². The van der Waals surface area contributed by atoms with Crippen LogP contribution in [0.3, 0.4) is 0 Å². The third kappa shape index (κ3) is 8.65. The molecule has 0 aliphatic carbocycles. The summed E-state index contributed by atoms with van der Waals surface area (Å²) in [6.07, 6.45) is 2.44. The number of aliphatic hydroxyl groups is 1. The Morgan fingerprint density at radius 3 is 2.46 bits per heavy atom. The quantitative estimate of drug-likeness (QED) is 0.382. The standard InChI is InChI=1S/C19H30NO5P/c1-15(14-21)10-9-13-26(23,25-17-11-7-6-8-12-17)20-16(2)18(22)24-19(3,4)5/h6-8,10-12,16,21H,9,13-14H2,1-5H3,(H,20,23)/b15-10+/t16-,26?/m0/s1. The minimum Gasteiger partial charge on any atom is -0.459 e. The fraction of sp³-hybridized carbons (Fsp3) is 0.526. The number of hydrogen-bond acceptors (Lipinski definition) is 5. The van der Waals surface area contributed by atoms with Crippen LogP contribution in [0.4, 0.5) is 0 Å². The Bertz CT molecular complexity index is 652. The summed E-state index contributed by atoms with van der Waals surface area (Å²) < 4.78 is 24.3. The molecule has 0 amide bonds. The third-order valence-corrected chi connectivity index (χ3v) is 5.45. The van der Waals surface area contributed by atoms with E-state index in [1.54, 1.807) is 65.0 Å². The zero-order valence-corrected chi connectivity index (χ0v) is 17.1. The molecule has 0 heterocycles. The first-order chi connectivity index (χ1) is 12.0. The summed E-state index contributed by atoms with van der Waals surface area (Å²) >= 11 is 0. The molecule has 2 atom stereocenters. The monoisotopic (exact) mass is 383 g/mol. The zero-order chi connectivity index (χ0) is 19.8. The molecular formula is C19H30NO5P. The van der Waals surface area contributed by atoms with Gasteiger partial charge in [0.25, 0.3) is 0 Å². The Labute approximate surface area is 156 Å². The van der Waals surface area contributed by atoms with Crippen LogP contribution in [-0.4, -0.2) is 35.5 Å². The predicted octanol–water partition coefficient (Wildman–Crippen LogP) is 3.91. The number of nitrogens with one attached hydrogen (secondary N) is 1. The van der Waals surface area contributed by atoms with E-state index in [0.29, 0.717) is 12.2 Å². The van der Waals surface area contributed by atoms with Gasteiger partial charge in [-0.2, -0.15) is 0 Å². The third-order valence-electron chi connectivity index (χ3n) is 3.31. The van der Waals surface area contributed by atoms with E-state index in [1.807, 2.05) is 6.07 Å². The average molecular weight is 383 g/mol. The smallest absolute Gasteiger partial charge is 0.323 e. The second-order valence-corrected chi connectivity index (χ2v) is 9.42. The second kappa shape index (κ2) is 9.91. The molecular weight excluding hydrogens is 353 g/mol. The fourth-order valence-corrected chi connectivity index (χ4v) is 3.97. The van der Waals surface area contributed by atoms with E-state index in [9.17, 15) is 9.36 Å². The van der Waals surface area contributed by atoms with E-state index in [4.69, 9.17) is 14.4 Å². The van der Waals surface area contributed by atoms with Crippen LogP contribution in [0.15, 0.2) is 42.0 Å². The molecule has 0 aromatic heterocycles. The zero-order valence-electron chi connectivity index (χ0n) is 16.2. The molecule has 2 N–H and O–H groups in total. The Kier molecular flexibility index (Phi) is 8.54. The van der Waals surface area contributed by atoms with Crippen molar-refractivity contribution in [3.63, 3.8) is 0 Å². The van der Waals surface area contributed by atoms with Gasteiger partial charge in [-0.05, 0) is 53.2 Å². The van der Waals surface area contributed by atoms with Crippen LogP contribution in [0.1, 0.15) is 41.0 Å². The van der Waals surface area contributed by atoms with Gasteiger partial charge >= 0.3 is 13.5 Å². The minimum absolute atomic E-state index is 0.0500. The van der Waals surface area contributed by atoms with Gasteiger partial charge in [0, 0.05) is 0 Å². The molecule has 0 aliphatic rings. The maximum Gasteiger partial charge on any atom is 0.323 e. The summed E-state index contributed by atoms with van der Waals surface area (Å²) in [7, 11) is -3.36. The van der Waals surface area contributed by atoms with Gasteiger partial charge in [-0.15, -0.1) is 0 Å². The first-order valence-electron chi connectivity index (χ1n) is 8.65. The van der Waals surface area contributed by atoms with E-state index >= 15 is 0 Å². The van der Waals surface area contributed by atoms with Gasteiger partial charge < -0.3 is 14.4 Å². The first-order valence-corrected chi connectivity index (χ1v) is 10.5. The highest BCUT2D eigenvalue weighted by atomic mass is 31.2. The number of aliphatic hydroxyl groups excluding tert-OH is 1. The molecule has 0 saturated heterocycles. The topological polar surface area (TPSA) is 84.9 Å². The van der Waals surface area contributed by atoms with Gasteiger partial charge in [0.1, 0.15) is 17.4 Å². The Morgan fingerprint density at radius 1 is 1.31 bits per heavy atom. The summed E-state index contributed by atoms with van der Waals surface area (Å²) in [4.78, 5) is 12.2. The fourth-order valence-electron chi connectivity index (χ4n) is 2.07. The van der Waals surface area contributed by atoms with Crippen molar-refractivity contribution < 1.29 is 23.7 Å². The van der Waals surface area contributed by atoms with Crippen molar-refractivity contribution in [3.05, 3.63) is 42.0 Å². The van der Waals surface area contributed by atoms with Crippen molar-refractivity contribution in [1.29, 1.82) is 0 Å². The van der Waals surface area contributed by atoms with Crippen LogP contribution in [0.5, 0.6) is 5.75 Å². The number of esters is 1. The van der Waals surface area contributed by atoms with Crippen molar-refractivity contribution in [2.75, 3.05) is 12.8 Å². The van der Waals surface area contributed by atoms with Gasteiger partial charge in [-0.25, -0.2) is 5.09 Å². The molecule has 1 rings (SSSR count). The predicted molar refractivity (Wildman–Crippen MR) is 103 cm³/mol. The van der Waals surface area contributed by atoms with Gasteiger partial charge in [0.2, 0.25) is 0 Å². The first kappa shape index (κ1) is 22.4. The van der Waals surface area contributed by atoms with Gasteiger partial charge in [-0.3, -0.25) is 9.36 Å². The highest BCUT2D eigenvalue weighted by molar-refractivity contribution is 7.57. The molecule has 0 radical (unpaired) electrons. The Morgan fingerprint density at radius 2 is 1.92 bits per heavy atom. The molecule has 1 aromatic carbocycles. The van der Waals surface area contributed by atoms with Crippen LogP contribution in [-0.2, 0) is 14.1 Å². The molecule has 7 heteroatoms. The molecule has 0 saturated carbocycles. The van der Waals surface area contributed by atoms with Crippen molar-refractivity contribution in [2.45, 2.75) is 52.7 Å². The molecule has 0 fully saturated rings. The molecule has 0 aliphatic heterocycles. The van der Waals surface area contributed by atoms with Gasteiger partial charge in [-0.1, -0.05) is 29.8 Å². The van der Waals surface area contributed by atoms with E-state index in [2.05, 4.69) is 5.09 Å². The van der Waals surface area contributed by atoms with Crippen LogP contribution in [0.2, 0.25) is 0 Å². The number of hydrogen-bond donors (Lipinski definition) is 2. The van der Waals surface area contributed by atoms with E-state index in [1.165, 1.54) is 0 Å². The maximum atomic E-state index is 13.3. The lowest BCUT2D eigenvalue weighted by Crippen LogP contribution is -2.38. The Balaban J connectivity index is 2.88.